The molecule has 1 atom stereocenters. The summed E-state index contributed by atoms with van der Waals surface area (Å²) in [4.78, 5) is 27.9. The minimum absolute atomic E-state index is 0.0117. The number of rotatable bonds is 6. The van der Waals surface area contributed by atoms with Crippen molar-refractivity contribution in [2.24, 2.45) is 5.92 Å². The van der Waals surface area contributed by atoms with Gasteiger partial charge in [0.1, 0.15) is 0 Å². The molecule has 164 valence electrons. The van der Waals surface area contributed by atoms with Gasteiger partial charge in [-0.25, -0.2) is 13.1 Å². The zero-order valence-corrected chi connectivity index (χ0v) is 18.7. The number of carbonyl (C=O) groups excluding carboxylic acids is 2. The van der Waals surface area contributed by atoms with Crippen molar-refractivity contribution in [1.29, 1.82) is 0 Å². The predicted octanol–water partition coefficient (Wildman–Crippen LogP) is 2.84. The number of fused-ring (bicyclic) bond motifs is 1. The third kappa shape index (κ3) is 5.28. The van der Waals surface area contributed by atoms with E-state index in [1.165, 1.54) is 17.8 Å². The first-order valence-corrected chi connectivity index (χ1v) is 12.8. The summed E-state index contributed by atoms with van der Waals surface area (Å²) in [5, 5.41) is 2.83. The topological polar surface area (TPSA) is 95.6 Å². The molecule has 1 unspecified atom stereocenters. The number of hydrogen-bond donors (Lipinski definition) is 2. The third-order valence-corrected chi connectivity index (χ3v) is 8.15. The number of hydrogen-bond acceptors (Lipinski definition) is 5. The number of thioether (sulfide) groups is 1. The van der Waals surface area contributed by atoms with E-state index in [2.05, 4.69) is 10.0 Å². The van der Waals surface area contributed by atoms with Crippen LogP contribution in [0.3, 0.4) is 0 Å². The highest BCUT2D eigenvalue weighted by atomic mass is 32.2. The molecule has 1 saturated heterocycles. The molecule has 2 heterocycles. The summed E-state index contributed by atoms with van der Waals surface area (Å²) < 4.78 is 28.1. The lowest BCUT2D eigenvalue weighted by Gasteiger charge is -2.18. The van der Waals surface area contributed by atoms with Crippen LogP contribution in [0.4, 0.5) is 5.69 Å². The van der Waals surface area contributed by atoms with E-state index in [4.69, 9.17) is 0 Å². The summed E-state index contributed by atoms with van der Waals surface area (Å²) >= 11 is 1.47. The van der Waals surface area contributed by atoms with Crippen molar-refractivity contribution in [3.05, 3.63) is 54.1 Å². The Hall–Kier alpha value is -2.36. The molecule has 0 saturated carbocycles. The van der Waals surface area contributed by atoms with Gasteiger partial charge in [-0.05, 0) is 36.6 Å². The lowest BCUT2D eigenvalue weighted by atomic mass is 10.1. The van der Waals surface area contributed by atoms with E-state index >= 15 is 0 Å². The van der Waals surface area contributed by atoms with Crippen LogP contribution in [0, 0.1) is 5.92 Å². The molecule has 4 rings (SSSR count). The molecule has 9 heteroatoms. The van der Waals surface area contributed by atoms with Gasteiger partial charge in [0.05, 0.1) is 16.5 Å². The summed E-state index contributed by atoms with van der Waals surface area (Å²) in [7, 11) is -3.74. The van der Waals surface area contributed by atoms with Crippen LogP contribution in [0.25, 0.3) is 0 Å². The number of amides is 2. The van der Waals surface area contributed by atoms with E-state index in [-0.39, 0.29) is 29.7 Å². The van der Waals surface area contributed by atoms with Crippen LogP contribution in [0.15, 0.2) is 58.3 Å². The SMILES string of the molecule is O=C1Nc2cc(S(=O)(=O)NCc3ccccc3)ccc2SCC1CC(=O)N1CCCC1. The maximum absolute atomic E-state index is 12.7. The van der Waals surface area contributed by atoms with Crippen molar-refractivity contribution >= 4 is 39.3 Å². The number of likely N-dealkylation sites (tertiary alicyclic amines) is 1. The second kappa shape index (κ2) is 9.42. The van der Waals surface area contributed by atoms with Gasteiger partial charge in [-0.1, -0.05) is 30.3 Å². The summed E-state index contributed by atoms with van der Waals surface area (Å²) in [6.07, 6.45) is 2.20. The molecule has 2 aliphatic rings. The molecule has 1 fully saturated rings. The van der Waals surface area contributed by atoms with Gasteiger partial charge in [-0.3, -0.25) is 9.59 Å². The fraction of sp³-hybridized carbons (Fsp3) is 0.364. The first-order chi connectivity index (χ1) is 14.9. The standard InChI is InChI=1S/C22H25N3O4S2/c26-21(25-10-4-5-11-25)12-17-15-30-20-9-8-18(13-19(20)24-22(17)27)31(28,29)23-14-16-6-2-1-3-7-16/h1-3,6-9,13,17,23H,4-5,10-12,14-15H2,(H,24,27). The third-order valence-electron chi connectivity index (χ3n) is 5.52. The number of benzene rings is 2. The highest BCUT2D eigenvalue weighted by molar-refractivity contribution is 7.99. The molecule has 2 amide bonds. The summed E-state index contributed by atoms with van der Waals surface area (Å²) in [6, 6.07) is 14.0. The van der Waals surface area contributed by atoms with E-state index in [9.17, 15) is 18.0 Å². The Morgan fingerprint density at radius 1 is 1.13 bits per heavy atom. The van der Waals surface area contributed by atoms with Crippen molar-refractivity contribution in [2.75, 3.05) is 24.2 Å². The molecule has 2 aromatic rings. The molecule has 0 aromatic heterocycles. The highest BCUT2D eigenvalue weighted by Crippen LogP contribution is 2.35. The van der Waals surface area contributed by atoms with Gasteiger partial charge in [0.15, 0.2) is 0 Å². The number of sulfonamides is 1. The van der Waals surface area contributed by atoms with Crippen molar-refractivity contribution in [3.63, 3.8) is 0 Å². The lowest BCUT2D eigenvalue weighted by Crippen LogP contribution is -2.33. The second-order valence-electron chi connectivity index (χ2n) is 7.76. The average Bonchev–Trinajstić information content (AvgIpc) is 3.26. The van der Waals surface area contributed by atoms with Crippen molar-refractivity contribution in [2.45, 2.75) is 35.6 Å². The first kappa shape index (κ1) is 21.9. The van der Waals surface area contributed by atoms with Gasteiger partial charge in [-0.2, -0.15) is 0 Å². The van der Waals surface area contributed by atoms with Crippen LogP contribution < -0.4 is 10.0 Å². The van der Waals surface area contributed by atoms with Crippen molar-refractivity contribution < 1.29 is 18.0 Å². The fourth-order valence-electron chi connectivity index (χ4n) is 3.72. The smallest absolute Gasteiger partial charge is 0.240 e. The Balaban J connectivity index is 1.44. The van der Waals surface area contributed by atoms with Gasteiger partial charge in [0, 0.05) is 36.7 Å². The normalized spacial score (nSPS) is 18.9. The second-order valence-corrected chi connectivity index (χ2v) is 10.6. The Labute approximate surface area is 186 Å². The van der Waals surface area contributed by atoms with Crippen LogP contribution in [0.2, 0.25) is 0 Å². The number of nitrogens with zero attached hydrogens (tertiary/aromatic N) is 1. The van der Waals surface area contributed by atoms with Gasteiger partial charge >= 0.3 is 0 Å². The maximum atomic E-state index is 12.7. The number of carbonyl (C=O) groups is 2. The summed E-state index contributed by atoms with van der Waals surface area (Å²) in [5.74, 6) is -0.193. The van der Waals surface area contributed by atoms with Crippen LogP contribution in [-0.4, -0.2) is 44.0 Å². The Kier molecular flexibility index (Phi) is 6.64. The van der Waals surface area contributed by atoms with Crippen molar-refractivity contribution in [1.82, 2.24) is 9.62 Å². The van der Waals surface area contributed by atoms with Crippen LogP contribution in [-0.2, 0) is 26.2 Å². The van der Waals surface area contributed by atoms with Gasteiger partial charge in [0.2, 0.25) is 21.8 Å². The minimum atomic E-state index is -3.74. The molecular formula is C22H25N3O4S2. The van der Waals surface area contributed by atoms with Gasteiger partial charge in [-0.15, -0.1) is 11.8 Å². The zero-order chi connectivity index (χ0) is 21.8. The molecule has 0 aliphatic carbocycles. The molecular weight excluding hydrogens is 434 g/mol. The van der Waals surface area contributed by atoms with Crippen LogP contribution >= 0.6 is 11.8 Å². The Morgan fingerprint density at radius 3 is 2.61 bits per heavy atom. The largest absolute Gasteiger partial charge is 0.343 e. The van der Waals surface area contributed by atoms with E-state index in [0.717, 1.165) is 36.4 Å². The highest BCUT2D eigenvalue weighted by Gasteiger charge is 2.29. The Morgan fingerprint density at radius 2 is 1.87 bits per heavy atom. The summed E-state index contributed by atoms with van der Waals surface area (Å²) in [6.45, 7) is 1.71. The van der Waals surface area contributed by atoms with Crippen molar-refractivity contribution in [3.8, 4) is 0 Å². The monoisotopic (exact) mass is 459 g/mol. The Bertz CT molecular complexity index is 1070. The molecule has 31 heavy (non-hydrogen) atoms. The number of anilines is 1. The minimum Gasteiger partial charge on any atom is -0.343 e. The van der Waals surface area contributed by atoms with Crippen LogP contribution in [0.1, 0.15) is 24.8 Å². The lowest BCUT2D eigenvalue weighted by molar-refractivity contribution is -0.133. The van der Waals surface area contributed by atoms with Gasteiger partial charge in [0.25, 0.3) is 0 Å². The number of nitrogens with one attached hydrogen (secondary N) is 2. The molecule has 2 aliphatic heterocycles. The van der Waals surface area contributed by atoms with E-state index in [1.807, 2.05) is 35.2 Å². The predicted molar refractivity (Wildman–Crippen MR) is 120 cm³/mol. The van der Waals surface area contributed by atoms with E-state index in [0.29, 0.717) is 11.4 Å². The van der Waals surface area contributed by atoms with E-state index in [1.54, 1.807) is 12.1 Å². The average molecular weight is 460 g/mol. The molecule has 2 aromatic carbocycles. The molecule has 0 bridgehead atoms. The molecule has 0 spiro atoms. The fourth-order valence-corrected chi connectivity index (χ4v) is 5.84. The molecule has 0 radical (unpaired) electrons. The van der Waals surface area contributed by atoms with Crippen LogP contribution in [0.5, 0.6) is 0 Å². The summed E-state index contributed by atoms with van der Waals surface area (Å²) in [5.41, 5.74) is 1.32. The quantitative estimate of drug-likeness (QED) is 0.693. The van der Waals surface area contributed by atoms with E-state index < -0.39 is 15.9 Å². The first-order valence-electron chi connectivity index (χ1n) is 10.3. The zero-order valence-electron chi connectivity index (χ0n) is 17.0. The maximum Gasteiger partial charge on any atom is 0.240 e. The molecule has 7 nitrogen and oxygen atoms in total. The van der Waals surface area contributed by atoms with Gasteiger partial charge < -0.3 is 10.2 Å². The molecule has 2 N–H and O–H groups in total.